The van der Waals surface area contributed by atoms with Crippen LogP contribution in [-0.2, 0) is 6.54 Å². The van der Waals surface area contributed by atoms with E-state index in [1.807, 2.05) is 29.2 Å². The molecule has 6 nitrogen and oxygen atoms in total. The normalized spacial score (nSPS) is 14.1. The third-order valence-corrected chi connectivity index (χ3v) is 4.92. The van der Waals surface area contributed by atoms with Crippen LogP contribution in [0.15, 0.2) is 55.1 Å². The van der Waals surface area contributed by atoms with Crippen molar-refractivity contribution in [2.45, 2.75) is 6.54 Å². The Morgan fingerprint density at radius 2 is 1.86 bits per heavy atom. The van der Waals surface area contributed by atoms with Crippen LogP contribution in [0.1, 0.15) is 21.5 Å². The molecule has 0 unspecified atom stereocenters. The molecule has 1 fully saturated rings. The van der Waals surface area contributed by atoms with E-state index in [0.717, 1.165) is 19.6 Å². The van der Waals surface area contributed by atoms with E-state index in [2.05, 4.69) is 17.5 Å². The summed E-state index contributed by atoms with van der Waals surface area (Å²) in [4.78, 5) is 17.1. The Morgan fingerprint density at radius 3 is 2.48 bits per heavy atom. The minimum Gasteiger partial charge on any atom is -0.493 e. The zero-order chi connectivity index (χ0) is 20.6. The van der Waals surface area contributed by atoms with Crippen LogP contribution in [0.2, 0.25) is 0 Å². The predicted octanol–water partition coefficient (Wildman–Crippen LogP) is 3.09. The Bertz CT molecular complexity index is 895. The van der Waals surface area contributed by atoms with E-state index in [9.17, 15) is 4.79 Å². The van der Waals surface area contributed by atoms with Crippen LogP contribution in [0.4, 0.5) is 0 Å². The lowest BCUT2D eigenvalue weighted by molar-refractivity contribution is 0.0628. The van der Waals surface area contributed by atoms with Crippen LogP contribution in [0, 0.1) is 11.3 Å². The summed E-state index contributed by atoms with van der Waals surface area (Å²) in [5, 5.41) is 8.89. The fourth-order valence-electron chi connectivity index (χ4n) is 3.30. The van der Waals surface area contributed by atoms with E-state index < -0.39 is 0 Å². The van der Waals surface area contributed by atoms with Crippen LogP contribution in [-0.4, -0.2) is 55.6 Å². The van der Waals surface area contributed by atoms with Gasteiger partial charge >= 0.3 is 0 Å². The molecule has 1 saturated heterocycles. The molecule has 6 heteroatoms. The molecule has 0 spiro atoms. The van der Waals surface area contributed by atoms with Gasteiger partial charge < -0.3 is 14.4 Å². The highest BCUT2D eigenvalue weighted by molar-refractivity contribution is 5.95. The number of carbonyl (C=O) groups excluding carboxylic acids is 1. The second-order valence-corrected chi connectivity index (χ2v) is 6.84. The predicted molar refractivity (Wildman–Crippen MR) is 111 cm³/mol. The standard InChI is InChI=1S/C23H25N3O3/c1-3-14-29-21-9-8-20(15-22(21)28-2)23(27)26-12-10-25(11-13-26)17-19-6-4-18(16-24)5-7-19/h3-9,15H,1,10-14,17H2,2H3. The third-order valence-electron chi connectivity index (χ3n) is 4.92. The number of methoxy groups -OCH3 is 1. The largest absolute Gasteiger partial charge is 0.493 e. The van der Waals surface area contributed by atoms with Gasteiger partial charge in [-0.3, -0.25) is 9.69 Å². The number of hydrogen-bond acceptors (Lipinski definition) is 5. The monoisotopic (exact) mass is 391 g/mol. The van der Waals surface area contributed by atoms with Gasteiger partial charge in [0, 0.05) is 38.3 Å². The van der Waals surface area contributed by atoms with E-state index in [1.54, 1.807) is 31.4 Å². The second-order valence-electron chi connectivity index (χ2n) is 6.84. The van der Waals surface area contributed by atoms with Crippen molar-refractivity contribution < 1.29 is 14.3 Å². The van der Waals surface area contributed by atoms with Crippen molar-refractivity contribution >= 4 is 5.91 Å². The quantitative estimate of drug-likeness (QED) is 0.679. The number of amides is 1. The number of piperazine rings is 1. The number of hydrogen-bond donors (Lipinski definition) is 0. The van der Waals surface area contributed by atoms with Gasteiger partial charge in [-0.2, -0.15) is 5.26 Å². The molecule has 0 atom stereocenters. The van der Waals surface area contributed by atoms with Crippen LogP contribution < -0.4 is 9.47 Å². The van der Waals surface area contributed by atoms with Gasteiger partial charge in [-0.15, -0.1) is 0 Å². The number of nitrogens with zero attached hydrogens (tertiary/aromatic N) is 3. The molecule has 2 aromatic rings. The summed E-state index contributed by atoms with van der Waals surface area (Å²) in [6.45, 7) is 7.79. The van der Waals surface area contributed by atoms with Crippen LogP contribution in [0.25, 0.3) is 0 Å². The molecule has 0 aliphatic carbocycles. The molecule has 150 valence electrons. The molecule has 1 heterocycles. The molecule has 29 heavy (non-hydrogen) atoms. The van der Waals surface area contributed by atoms with Crippen LogP contribution in [0.3, 0.4) is 0 Å². The molecule has 1 aliphatic heterocycles. The average Bonchev–Trinajstić information content (AvgIpc) is 2.78. The average molecular weight is 391 g/mol. The second kappa shape index (κ2) is 9.76. The first-order valence-electron chi connectivity index (χ1n) is 9.57. The summed E-state index contributed by atoms with van der Waals surface area (Å²) in [5.41, 5.74) is 2.43. The van der Waals surface area contributed by atoms with Gasteiger partial charge in [0.05, 0.1) is 18.7 Å². The number of carbonyl (C=O) groups is 1. The summed E-state index contributed by atoms with van der Waals surface area (Å²) in [7, 11) is 1.56. The van der Waals surface area contributed by atoms with Crippen LogP contribution in [0.5, 0.6) is 11.5 Å². The maximum Gasteiger partial charge on any atom is 0.254 e. The van der Waals surface area contributed by atoms with Gasteiger partial charge in [-0.1, -0.05) is 24.8 Å². The van der Waals surface area contributed by atoms with Crippen molar-refractivity contribution in [1.82, 2.24) is 9.80 Å². The summed E-state index contributed by atoms with van der Waals surface area (Å²) < 4.78 is 10.9. The molecule has 0 N–H and O–H groups in total. The van der Waals surface area contributed by atoms with Gasteiger partial charge in [0.1, 0.15) is 6.61 Å². The van der Waals surface area contributed by atoms with Gasteiger partial charge in [-0.05, 0) is 35.9 Å². The molecular weight excluding hydrogens is 366 g/mol. The smallest absolute Gasteiger partial charge is 0.254 e. The molecule has 0 bridgehead atoms. The van der Waals surface area contributed by atoms with Crippen molar-refractivity contribution in [2.75, 3.05) is 39.9 Å². The van der Waals surface area contributed by atoms with Gasteiger partial charge in [0.25, 0.3) is 5.91 Å². The lowest BCUT2D eigenvalue weighted by Gasteiger charge is -2.34. The molecule has 1 amide bonds. The maximum atomic E-state index is 12.9. The minimum absolute atomic E-state index is 0.00315. The van der Waals surface area contributed by atoms with Gasteiger partial charge in [-0.25, -0.2) is 0 Å². The molecular formula is C23H25N3O3. The molecule has 0 saturated carbocycles. The Labute approximate surface area is 171 Å². The molecule has 0 radical (unpaired) electrons. The van der Waals surface area contributed by atoms with E-state index in [4.69, 9.17) is 14.7 Å². The Kier molecular flexibility index (Phi) is 6.88. The fourth-order valence-corrected chi connectivity index (χ4v) is 3.30. The van der Waals surface area contributed by atoms with Crippen LogP contribution >= 0.6 is 0 Å². The number of ether oxygens (including phenoxy) is 2. The summed E-state index contributed by atoms with van der Waals surface area (Å²) in [6.07, 6.45) is 1.66. The summed E-state index contributed by atoms with van der Waals surface area (Å²) in [6, 6.07) is 15.0. The summed E-state index contributed by atoms with van der Waals surface area (Å²) in [5.74, 6) is 1.13. The summed E-state index contributed by atoms with van der Waals surface area (Å²) >= 11 is 0. The Morgan fingerprint density at radius 1 is 1.14 bits per heavy atom. The highest BCUT2D eigenvalue weighted by Gasteiger charge is 2.23. The van der Waals surface area contributed by atoms with Crippen molar-refractivity contribution in [3.05, 3.63) is 71.8 Å². The number of nitriles is 1. The zero-order valence-electron chi connectivity index (χ0n) is 16.6. The van der Waals surface area contributed by atoms with Crippen molar-refractivity contribution in [2.24, 2.45) is 0 Å². The van der Waals surface area contributed by atoms with Gasteiger partial charge in [0.2, 0.25) is 0 Å². The van der Waals surface area contributed by atoms with E-state index in [-0.39, 0.29) is 5.91 Å². The highest BCUT2D eigenvalue weighted by atomic mass is 16.5. The minimum atomic E-state index is -0.00315. The molecule has 3 rings (SSSR count). The molecule has 0 aromatic heterocycles. The van der Waals surface area contributed by atoms with E-state index >= 15 is 0 Å². The SMILES string of the molecule is C=CCOc1ccc(C(=O)N2CCN(Cc3ccc(C#N)cc3)CC2)cc1OC. The zero-order valence-corrected chi connectivity index (χ0v) is 16.6. The first-order chi connectivity index (χ1) is 14.1. The highest BCUT2D eigenvalue weighted by Crippen LogP contribution is 2.28. The Hall–Kier alpha value is -3.30. The Balaban J connectivity index is 1.58. The van der Waals surface area contributed by atoms with Crippen molar-refractivity contribution in [1.29, 1.82) is 5.26 Å². The van der Waals surface area contributed by atoms with Gasteiger partial charge in [0.15, 0.2) is 11.5 Å². The van der Waals surface area contributed by atoms with Crippen molar-refractivity contribution in [3.8, 4) is 17.6 Å². The number of rotatable bonds is 7. The first-order valence-corrected chi connectivity index (χ1v) is 9.57. The topological polar surface area (TPSA) is 65.8 Å². The fraction of sp³-hybridized carbons (Fsp3) is 0.304. The third kappa shape index (κ3) is 5.15. The lowest BCUT2D eigenvalue weighted by atomic mass is 10.1. The van der Waals surface area contributed by atoms with E-state index in [0.29, 0.717) is 42.3 Å². The first kappa shape index (κ1) is 20.4. The van der Waals surface area contributed by atoms with Crippen molar-refractivity contribution in [3.63, 3.8) is 0 Å². The number of benzene rings is 2. The maximum absolute atomic E-state index is 12.9. The lowest BCUT2D eigenvalue weighted by Crippen LogP contribution is -2.48. The van der Waals surface area contributed by atoms with E-state index in [1.165, 1.54) is 5.56 Å². The molecule has 2 aromatic carbocycles. The molecule has 1 aliphatic rings.